The summed E-state index contributed by atoms with van der Waals surface area (Å²) >= 11 is 0. The minimum absolute atomic E-state index is 0.0480. The fraction of sp³-hybridized carbons (Fsp3) is 0.476. The minimum atomic E-state index is -0.280. The second-order valence-electron chi connectivity index (χ2n) is 7.63. The molecule has 0 amide bonds. The minimum Gasteiger partial charge on any atom is -0.461 e. The number of benzene rings is 2. The molecule has 0 aromatic heterocycles. The number of hydrogen-bond acceptors (Lipinski definition) is 2. The Balaban J connectivity index is 1.69. The Hall–Kier alpha value is -1.83. The average Bonchev–Trinajstić information content (AvgIpc) is 3.06. The van der Waals surface area contributed by atoms with Gasteiger partial charge >= 0.3 is 5.97 Å². The van der Waals surface area contributed by atoms with Crippen molar-refractivity contribution in [3.63, 3.8) is 0 Å². The third-order valence-corrected chi connectivity index (χ3v) is 5.88. The SMILES string of the molecule is CC(C)[C@H]1OC(=O)[C@]2(Cc3ccc4ccccc4c3)CCC[C@H]12. The van der Waals surface area contributed by atoms with Gasteiger partial charge in [-0.05, 0) is 41.5 Å². The van der Waals surface area contributed by atoms with Gasteiger partial charge in [-0.15, -0.1) is 0 Å². The average molecular weight is 308 g/mol. The highest BCUT2D eigenvalue weighted by atomic mass is 16.6. The lowest BCUT2D eigenvalue weighted by atomic mass is 9.71. The maximum absolute atomic E-state index is 12.7. The molecule has 0 radical (unpaired) electrons. The molecule has 3 atom stereocenters. The van der Waals surface area contributed by atoms with E-state index in [0.717, 1.165) is 25.7 Å². The quantitative estimate of drug-likeness (QED) is 0.765. The number of carbonyl (C=O) groups is 1. The Bertz CT molecular complexity index is 748. The molecule has 0 N–H and O–H groups in total. The van der Waals surface area contributed by atoms with Crippen molar-refractivity contribution in [1.82, 2.24) is 0 Å². The Morgan fingerprint density at radius 3 is 2.74 bits per heavy atom. The molecule has 120 valence electrons. The van der Waals surface area contributed by atoms with Crippen LogP contribution in [0.2, 0.25) is 0 Å². The molecule has 2 aromatic carbocycles. The van der Waals surface area contributed by atoms with Gasteiger partial charge in [0.15, 0.2) is 0 Å². The molecule has 0 unspecified atom stereocenters. The summed E-state index contributed by atoms with van der Waals surface area (Å²) in [5, 5.41) is 2.51. The second-order valence-corrected chi connectivity index (χ2v) is 7.63. The van der Waals surface area contributed by atoms with Crippen LogP contribution in [-0.2, 0) is 16.0 Å². The predicted molar refractivity (Wildman–Crippen MR) is 92.1 cm³/mol. The van der Waals surface area contributed by atoms with E-state index >= 15 is 0 Å². The summed E-state index contributed by atoms with van der Waals surface area (Å²) in [6.07, 6.45) is 4.18. The zero-order valence-electron chi connectivity index (χ0n) is 13.9. The molecule has 1 saturated carbocycles. The first-order valence-corrected chi connectivity index (χ1v) is 8.79. The van der Waals surface area contributed by atoms with Crippen LogP contribution in [0.4, 0.5) is 0 Å². The molecular formula is C21H24O2. The van der Waals surface area contributed by atoms with E-state index in [4.69, 9.17) is 4.74 Å². The molecule has 1 aliphatic heterocycles. The van der Waals surface area contributed by atoms with Gasteiger partial charge in [0.25, 0.3) is 0 Å². The van der Waals surface area contributed by atoms with E-state index in [1.165, 1.54) is 16.3 Å². The summed E-state index contributed by atoms with van der Waals surface area (Å²) in [5.74, 6) is 0.842. The standard InChI is InChI=1S/C21H24O2/c1-14(2)19-18-8-5-11-21(18,20(22)23-19)13-15-9-10-16-6-3-4-7-17(16)12-15/h3-4,6-7,9-10,12,14,18-19H,5,8,11,13H2,1-2H3/t18-,19-,21+/m1/s1. The number of esters is 1. The van der Waals surface area contributed by atoms with E-state index in [9.17, 15) is 4.79 Å². The van der Waals surface area contributed by atoms with Gasteiger partial charge in [-0.3, -0.25) is 4.79 Å². The number of cyclic esters (lactones) is 1. The molecule has 0 bridgehead atoms. The van der Waals surface area contributed by atoms with Gasteiger partial charge in [-0.1, -0.05) is 62.7 Å². The van der Waals surface area contributed by atoms with Crippen LogP contribution < -0.4 is 0 Å². The lowest BCUT2D eigenvalue weighted by Gasteiger charge is -2.27. The third kappa shape index (κ3) is 2.27. The molecule has 2 aliphatic rings. The number of carbonyl (C=O) groups excluding carboxylic acids is 1. The van der Waals surface area contributed by atoms with Gasteiger partial charge in [-0.25, -0.2) is 0 Å². The fourth-order valence-corrected chi connectivity index (χ4v) is 4.76. The molecule has 2 heteroatoms. The topological polar surface area (TPSA) is 26.3 Å². The molecule has 4 rings (SSSR count). The maximum Gasteiger partial charge on any atom is 0.313 e. The van der Waals surface area contributed by atoms with E-state index in [2.05, 4.69) is 56.3 Å². The Labute approximate surface area is 137 Å². The van der Waals surface area contributed by atoms with E-state index < -0.39 is 0 Å². The second kappa shape index (κ2) is 5.36. The van der Waals surface area contributed by atoms with Crippen LogP contribution in [0.25, 0.3) is 10.8 Å². The fourth-order valence-electron chi connectivity index (χ4n) is 4.76. The van der Waals surface area contributed by atoms with Gasteiger partial charge < -0.3 is 4.74 Å². The molecule has 0 spiro atoms. The van der Waals surface area contributed by atoms with Crippen LogP contribution in [0.5, 0.6) is 0 Å². The highest BCUT2D eigenvalue weighted by Gasteiger charge is 2.59. The van der Waals surface area contributed by atoms with Crippen molar-refractivity contribution in [3.05, 3.63) is 48.0 Å². The highest BCUT2D eigenvalue weighted by Crippen LogP contribution is 2.54. The normalized spacial score (nSPS) is 30.0. The van der Waals surface area contributed by atoms with Crippen LogP contribution in [0.15, 0.2) is 42.5 Å². The highest BCUT2D eigenvalue weighted by molar-refractivity contribution is 5.84. The zero-order valence-corrected chi connectivity index (χ0v) is 13.9. The zero-order chi connectivity index (χ0) is 16.0. The van der Waals surface area contributed by atoms with Crippen LogP contribution >= 0.6 is 0 Å². The summed E-state index contributed by atoms with van der Waals surface area (Å²) in [4.78, 5) is 12.7. The molecule has 23 heavy (non-hydrogen) atoms. The molecule has 2 nitrogen and oxygen atoms in total. The van der Waals surface area contributed by atoms with E-state index in [1.54, 1.807) is 0 Å². The van der Waals surface area contributed by atoms with E-state index in [-0.39, 0.29) is 17.5 Å². The van der Waals surface area contributed by atoms with Gasteiger partial charge in [0.05, 0.1) is 5.41 Å². The summed E-state index contributed by atoms with van der Waals surface area (Å²) < 4.78 is 5.81. The number of ether oxygens (including phenoxy) is 1. The van der Waals surface area contributed by atoms with Gasteiger partial charge in [0.1, 0.15) is 6.10 Å². The lowest BCUT2D eigenvalue weighted by molar-refractivity contribution is -0.150. The van der Waals surface area contributed by atoms with Crippen LogP contribution in [0, 0.1) is 17.3 Å². The molecule has 1 heterocycles. The summed E-state index contributed by atoms with van der Waals surface area (Å²) in [6, 6.07) is 15.0. The smallest absolute Gasteiger partial charge is 0.313 e. The first kappa shape index (κ1) is 14.7. The molecule has 1 saturated heterocycles. The van der Waals surface area contributed by atoms with Crippen molar-refractivity contribution in [2.75, 3.05) is 0 Å². The largest absolute Gasteiger partial charge is 0.461 e. The molecular weight excluding hydrogens is 284 g/mol. The molecule has 1 aliphatic carbocycles. The van der Waals surface area contributed by atoms with E-state index in [1.807, 2.05) is 0 Å². The summed E-state index contributed by atoms with van der Waals surface area (Å²) in [7, 11) is 0. The monoisotopic (exact) mass is 308 g/mol. The van der Waals surface area contributed by atoms with Crippen LogP contribution in [0.1, 0.15) is 38.7 Å². The number of fused-ring (bicyclic) bond motifs is 2. The lowest BCUT2D eigenvalue weighted by Crippen LogP contribution is -2.33. The van der Waals surface area contributed by atoms with Crippen molar-refractivity contribution < 1.29 is 9.53 Å². The predicted octanol–water partition coefficient (Wildman–Crippen LogP) is 4.75. The summed E-state index contributed by atoms with van der Waals surface area (Å²) in [6.45, 7) is 4.34. The third-order valence-electron chi connectivity index (χ3n) is 5.88. The number of rotatable bonds is 3. The molecule has 2 fully saturated rings. The first-order valence-electron chi connectivity index (χ1n) is 8.79. The van der Waals surface area contributed by atoms with Crippen LogP contribution in [-0.4, -0.2) is 12.1 Å². The maximum atomic E-state index is 12.7. The first-order chi connectivity index (χ1) is 11.1. The Kier molecular flexibility index (Phi) is 3.44. The van der Waals surface area contributed by atoms with Gasteiger partial charge in [0.2, 0.25) is 0 Å². The van der Waals surface area contributed by atoms with E-state index in [0.29, 0.717) is 11.8 Å². The van der Waals surface area contributed by atoms with Gasteiger partial charge in [-0.2, -0.15) is 0 Å². The summed E-state index contributed by atoms with van der Waals surface area (Å²) in [5.41, 5.74) is 0.981. The van der Waals surface area contributed by atoms with Crippen molar-refractivity contribution in [1.29, 1.82) is 0 Å². The Morgan fingerprint density at radius 1 is 1.17 bits per heavy atom. The number of hydrogen-bond donors (Lipinski definition) is 0. The van der Waals surface area contributed by atoms with Crippen molar-refractivity contribution in [2.45, 2.75) is 45.6 Å². The van der Waals surface area contributed by atoms with Crippen molar-refractivity contribution in [3.8, 4) is 0 Å². The van der Waals surface area contributed by atoms with Crippen molar-refractivity contribution in [2.24, 2.45) is 17.3 Å². The molecule has 2 aromatic rings. The van der Waals surface area contributed by atoms with Gasteiger partial charge in [0, 0.05) is 5.92 Å². The van der Waals surface area contributed by atoms with Crippen LogP contribution in [0.3, 0.4) is 0 Å². The Morgan fingerprint density at radius 2 is 1.96 bits per heavy atom. The van der Waals surface area contributed by atoms with Crippen molar-refractivity contribution >= 4 is 16.7 Å².